The summed E-state index contributed by atoms with van der Waals surface area (Å²) < 4.78 is 0. The molecule has 0 bridgehead atoms. The molecule has 2 nitrogen and oxygen atoms in total. The molecule has 2 heteroatoms. The minimum absolute atomic E-state index is 0.158. The van der Waals surface area contributed by atoms with Gasteiger partial charge in [-0.05, 0) is 49.9 Å². The zero-order valence-corrected chi connectivity index (χ0v) is 10.1. The van der Waals surface area contributed by atoms with Crippen LogP contribution in [0.25, 0.3) is 0 Å². The van der Waals surface area contributed by atoms with Crippen molar-refractivity contribution in [3.63, 3.8) is 0 Å². The second-order valence-electron chi connectivity index (χ2n) is 4.33. The molecule has 84 valence electrons. The highest BCUT2D eigenvalue weighted by Crippen LogP contribution is 2.15. The number of aliphatic hydroxyl groups is 1. The van der Waals surface area contributed by atoms with Gasteiger partial charge in [0.25, 0.3) is 0 Å². The molecule has 0 aliphatic heterocycles. The van der Waals surface area contributed by atoms with Gasteiger partial charge in [0.05, 0.1) is 6.61 Å². The molecule has 0 aliphatic carbocycles. The first-order chi connectivity index (χ1) is 7.04. The number of hydrogen-bond donors (Lipinski definition) is 2. The first-order valence-corrected chi connectivity index (χ1v) is 5.45. The van der Waals surface area contributed by atoms with Crippen LogP contribution >= 0.6 is 0 Å². The van der Waals surface area contributed by atoms with E-state index in [2.05, 4.69) is 38.2 Å². The lowest BCUT2D eigenvalue weighted by molar-refractivity contribution is 0.251. The smallest absolute Gasteiger partial charge is 0.0582 e. The summed E-state index contributed by atoms with van der Waals surface area (Å²) in [5, 5.41) is 12.2. The number of nitrogens with one attached hydrogen (secondary N) is 1. The van der Waals surface area contributed by atoms with Crippen LogP contribution in [-0.2, 0) is 6.54 Å². The van der Waals surface area contributed by atoms with Gasteiger partial charge in [0, 0.05) is 12.6 Å². The van der Waals surface area contributed by atoms with Crippen molar-refractivity contribution in [2.24, 2.45) is 0 Å². The highest BCUT2D eigenvalue weighted by molar-refractivity contribution is 5.36. The molecule has 2 N–H and O–H groups in total. The van der Waals surface area contributed by atoms with Crippen LogP contribution in [0.1, 0.15) is 29.2 Å². The summed E-state index contributed by atoms with van der Waals surface area (Å²) in [5.41, 5.74) is 5.30. The van der Waals surface area contributed by atoms with E-state index in [1.54, 1.807) is 0 Å². The van der Waals surface area contributed by atoms with E-state index < -0.39 is 0 Å². The van der Waals surface area contributed by atoms with Gasteiger partial charge in [-0.25, -0.2) is 0 Å². The van der Waals surface area contributed by atoms with E-state index in [-0.39, 0.29) is 12.6 Å². The van der Waals surface area contributed by atoms with Gasteiger partial charge in [-0.3, -0.25) is 0 Å². The molecule has 1 rings (SSSR count). The Labute approximate surface area is 92.3 Å². The van der Waals surface area contributed by atoms with E-state index >= 15 is 0 Å². The Kier molecular flexibility index (Phi) is 4.30. The maximum absolute atomic E-state index is 8.92. The van der Waals surface area contributed by atoms with Crippen LogP contribution in [0, 0.1) is 20.8 Å². The average Bonchev–Trinajstić information content (AvgIpc) is 2.21. The highest BCUT2D eigenvalue weighted by Gasteiger charge is 2.03. The van der Waals surface area contributed by atoms with Crippen molar-refractivity contribution in [2.75, 3.05) is 6.61 Å². The Morgan fingerprint density at radius 1 is 1.13 bits per heavy atom. The van der Waals surface area contributed by atoms with Gasteiger partial charge in [-0.2, -0.15) is 0 Å². The van der Waals surface area contributed by atoms with Crippen molar-refractivity contribution in [3.05, 3.63) is 34.4 Å². The average molecular weight is 207 g/mol. The van der Waals surface area contributed by atoms with Crippen molar-refractivity contribution in [1.29, 1.82) is 0 Å². The fraction of sp³-hybridized carbons (Fsp3) is 0.538. The molecule has 0 saturated carbocycles. The molecule has 0 unspecified atom stereocenters. The number of rotatable bonds is 4. The Morgan fingerprint density at radius 2 is 1.73 bits per heavy atom. The van der Waals surface area contributed by atoms with Crippen LogP contribution in [0.4, 0.5) is 0 Å². The van der Waals surface area contributed by atoms with E-state index in [1.165, 1.54) is 22.3 Å². The molecule has 15 heavy (non-hydrogen) atoms. The molecule has 0 amide bonds. The molecule has 1 aromatic carbocycles. The van der Waals surface area contributed by atoms with E-state index in [0.29, 0.717) is 0 Å². The zero-order chi connectivity index (χ0) is 11.4. The van der Waals surface area contributed by atoms with Crippen molar-refractivity contribution >= 4 is 0 Å². The molecule has 0 saturated heterocycles. The second kappa shape index (κ2) is 5.29. The Hall–Kier alpha value is -0.860. The van der Waals surface area contributed by atoms with Gasteiger partial charge in [0.2, 0.25) is 0 Å². The van der Waals surface area contributed by atoms with Crippen molar-refractivity contribution in [2.45, 2.75) is 40.3 Å². The standard InChI is InChI=1S/C13H21NO/c1-9-5-11(3)13(6-10(9)2)7-14-12(4)8-15/h5-6,12,14-15H,7-8H2,1-4H3/t12-/m0/s1. The Bertz CT molecular complexity index is 334. The van der Waals surface area contributed by atoms with Crippen molar-refractivity contribution in [3.8, 4) is 0 Å². The quantitative estimate of drug-likeness (QED) is 0.792. The highest BCUT2D eigenvalue weighted by atomic mass is 16.3. The van der Waals surface area contributed by atoms with E-state index in [0.717, 1.165) is 6.54 Å². The van der Waals surface area contributed by atoms with Crippen molar-refractivity contribution in [1.82, 2.24) is 5.32 Å². The fourth-order valence-corrected chi connectivity index (χ4v) is 1.56. The molecule has 0 spiro atoms. The maximum Gasteiger partial charge on any atom is 0.0582 e. The second-order valence-corrected chi connectivity index (χ2v) is 4.33. The summed E-state index contributed by atoms with van der Waals surface area (Å²) in [6.45, 7) is 9.39. The summed E-state index contributed by atoms with van der Waals surface area (Å²) in [5.74, 6) is 0. The third kappa shape index (κ3) is 3.33. The van der Waals surface area contributed by atoms with Crippen LogP contribution < -0.4 is 5.32 Å². The molecule has 0 aliphatic rings. The zero-order valence-electron chi connectivity index (χ0n) is 10.1. The molecular weight excluding hydrogens is 186 g/mol. The molecule has 1 aromatic rings. The van der Waals surface area contributed by atoms with Crippen LogP contribution in [0.3, 0.4) is 0 Å². The molecule has 0 radical (unpaired) electrons. The van der Waals surface area contributed by atoms with E-state index in [4.69, 9.17) is 5.11 Å². The van der Waals surface area contributed by atoms with Gasteiger partial charge in [0.15, 0.2) is 0 Å². The van der Waals surface area contributed by atoms with Crippen molar-refractivity contribution < 1.29 is 5.11 Å². The first kappa shape index (κ1) is 12.2. The van der Waals surface area contributed by atoms with E-state index in [9.17, 15) is 0 Å². The lowest BCUT2D eigenvalue weighted by Crippen LogP contribution is -2.28. The predicted octanol–water partition coefficient (Wildman–Crippen LogP) is 2.08. The number of aryl methyl sites for hydroxylation is 3. The van der Waals surface area contributed by atoms with Gasteiger partial charge >= 0.3 is 0 Å². The molecule has 1 atom stereocenters. The summed E-state index contributed by atoms with van der Waals surface area (Å²) in [4.78, 5) is 0. The Morgan fingerprint density at radius 3 is 2.33 bits per heavy atom. The summed E-state index contributed by atoms with van der Waals surface area (Å²) in [6, 6.07) is 4.60. The first-order valence-electron chi connectivity index (χ1n) is 5.45. The van der Waals surface area contributed by atoms with E-state index in [1.807, 2.05) is 6.92 Å². The van der Waals surface area contributed by atoms with Crippen LogP contribution in [0.5, 0.6) is 0 Å². The summed E-state index contributed by atoms with van der Waals surface area (Å²) in [6.07, 6.45) is 0. The topological polar surface area (TPSA) is 32.3 Å². The normalized spacial score (nSPS) is 12.9. The number of hydrogen-bond acceptors (Lipinski definition) is 2. The third-order valence-corrected chi connectivity index (χ3v) is 2.87. The summed E-state index contributed by atoms with van der Waals surface area (Å²) in [7, 11) is 0. The van der Waals surface area contributed by atoms with Crippen LogP contribution in [-0.4, -0.2) is 17.8 Å². The number of aliphatic hydroxyl groups excluding tert-OH is 1. The predicted molar refractivity (Wildman–Crippen MR) is 64.0 cm³/mol. The van der Waals surface area contributed by atoms with Crippen LogP contribution in [0.15, 0.2) is 12.1 Å². The largest absolute Gasteiger partial charge is 0.395 e. The Balaban J connectivity index is 2.73. The minimum Gasteiger partial charge on any atom is -0.395 e. The monoisotopic (exact) mass is 207 g/mol. The lowest BCUT2D eigenvalue weighted by Gasteiger charge is -2.14. The summed E-state index contributed by atoms with van der Waals surface area (Å²) >= 11 is 0. The molecule has 0 fully saturated rings. The molecule has 0 aromatic heterocycles. The SMILES string of the molecule is Cc1cc(C)c(CN[C@@H](C)CO)cc1C. The molecular formula is C13H21NO. The van der Waals surface area contributed by atoms with Crippen LogP contribution in [0.2, 0.25) is 0 Å². The van der Waals surface area contributed by atoms with Gasteiger partial charge in [-0.15, -0.1) is 0 Å². The van der Waals surface area contributed by atoms with Gasteiger partial charge in [0.1, 0.15) is 0 Å². The number of benzene rings is 1. The van der Waals surface area contributed by atoms with Gasteiger partial charge in [-0.1, -0.05) is 12.1 Å². The lowest BCUT2D eigenvalue weighted by atomic mass is 10.0. The fourth-order valence-electron chi connectivity index (χ4n) is 1.56. The minimum atomic E-state index is 0.158. The van der Waals surface area contributed by atoms with Gasteiger partial charge < -0.3 is 10.4 Å². The molecule has 0 heterocycles. The maximum atomic E-state index is 8.92. The third-order valence-electron chi connectivity index (χ3n) is 2.87.